The molecule has 10 rings (SSSR count). The summed E-state index contributed by atoms with van der Waals surface area (Å²) in [6.45, 7) is 0. The second-order valence-electron chi connectivity index (χ2n) is 12.8. The number of rotatable bonds is 9. The van der Waals surface area contributed by atoms with Gasteiger partial charge in [0.05, 0.1) is 23.8 Å². The van der Waals surface area contributed by atoms with Gasteiger partial charge in [-0.2, -0.15) is 0 Å². The minimum atomic E-state index is 0.609. The number of pyridine rings is 2. The minimum Gasteiger partial charge on any atom is -0.437 e. The van der Waals surface area contributed by atoms with Crippen molar-refractivity contribution in [2.24, 2.45) is 0 Å². The number of anilines is 6. The third kappa shape index (κ3) is 5.84. The number of nitrogens with zero attached hydrogens (tertiary/aromatic N) is 4. The molecular formula is C46H30N4O2S2. The van der Waals surface area contributed by atoms with Gasteiger partial charge in [0.25, 0.3) is 0 Å². The smallest absolute Gasteiger partial charge is 0.205 e. The number of aromatic nitrogens is 2. The van der Waals surface area contributed by atoms with Gasteiger partial charge in [0, 0.05) is 67.2 Å². The summed E-state index contributed by atoms with van der Waals surface area (Å²) in [4.78, 5) is 13.0. The molecule has 6 aromatic heterocycles. The van der Waals surface area contributed by atoms with Crippen LogP contribution in [-0.4, -0.2) is 9.97 Å². The van der Waals surface area contributed by atoms with Crippen LogP contribution in [0.5, 0.6) is 0 Å². The quantitative estimate of drug-likeness (QED) is 0.147. The standard InChI is InChI=1S/C46H30N4O2S2/c1-3-11-43-37(9-1)39(29-53-43)31-13-17-33(18-14-31)49(35-7-5-25-47-27-35)45-23-21-41(51-45)42-22-24-46(52-42)50(36-8-6-26-48-28-36)34-19-15-32(16-20-34)40-30-54-44-12-4-2-10-38(40)44/h1-30H. The van der Waals surface area contributed by atoms with Crippen molar-refractivity contribution >= 4 is 77.4 Å². The van der Waals surface area contributed by atoms with E-state index in [-0.39, 0.29) is 0 Å². The van der Waals surface area contributed by atoms with Gasteiger partial charge in [-0.25, -0.2) is 0 Å². The van der Waals surface area contributed by atoms with Crippen molar-refractivity contribution in [3.05, 3.63) is 181 Å². The van der Waals surface area contributed by atoms with E-state index >= 15 is 0 Å². The molecule has 0 spiro atoms. The van der Waals surface area contributed by atoms with Crippen LogP contribution in [0, 0.1) is 0 Å². The predicted octanol–water partition coefficient (Wildman–Crippen LogP) is 14.0. The van der Waals surface area contributed by atoms with Crippen LogP contribution in [0.15, 0.2) is 190 Å². The molecule has 0 saturated carbocycles. The number of thiophene rings is 2. The molecule has 0 bridgehead atoms. The lowest BCUT2D eigenvalue weighted by Crippen LogP contribution is -2.09. The fourth-order valence-corrected chi connectivity index (χ4v) is 8.86. The first-order valence-corrected chi connectivity index (χ1v) is 19.3. The maximum Gasteiger partial charge on any atom is 0.205 e. The molecule has 0 aliphatic heterocycles. The van der Waals surface area contributed by atoms with Crippen molar-refractivity contribution in [2.45, 2.75) is 0 Å². The number of fused-ring (bicyclic) bond motifs is 2. The largest absolute Gasteiger partial charge is 0.437 e. The Morgan fingerprint density at radius 2 is 0.852 bits per heavy atom. The zero-order valence-electron chi connectivity index (χ0n) is 28.7. The maximum atomic E-state index is 6.57. The van der Waals surface area contributed by atoms with E-state index < -0.39 is 0 Å². The highest BCUT2D eigenvalue weighted by molar-refractivity contribution is 7.18. The van der Waals surface area contributed by atoms with E-state index in [0.717, 1.165) is 22.7 Å². The third-order valence-corrected chi connectivity index (χ3v) is 11.4. The summed E-state index contributed by atoms with van der Waals surface area (Å²) >= 11 is 3.53. The molecular weight excluding hydrogens is 705 g/mol. The van der Waals surface area contributed by atoms with Crippen molar-refractivity contribution in [1.82, 2.24) is 9.97 Å². The maximum absolute atomic E-state index is 6.57. The molecule has 0 amide bonds. The van der Waals surface area contributed by atoms with E-state index in [2.05, 4.69) is 128 Å². The van der Waals surface area contributed by atoms with E-state index in [1.54, 1.807) is 35.1 Å². The van der Waals surface area contributed by atoms with Crippen LogP contribution in [0.3, 0.4) is 0 Å². The van der Waals surface area contributed by atoms with Gasteiger partial charge in [0.2, 0.25) is 11.8 Å². The predicted molar refractivity (Wildman–Crippen MR) is 223 cm³/mol. The van der Waals surface area contributed by atoms with Crippen molar-refractivity contribution in [3.63, 3.8) is 0 Å². The fraction of sp³-hybridized carbons (Fsp3) is 0. The lowest BCUT2D eigenvalue weighted by molar-refractivity contribution is 0.532. The topological polar surface area (TPSA) is 58.5 Å². The van der Waals surface area contributed by atoms with Crippen LogP contribution >= 0.6 is 22.7 Å². The van der Waals surface area contributed by atoms with Gasteiger partial charge in [-0.3, -0.25) is 19.8 Å². The molecule has 0 aliphatic carbocycles. The van der Waals surface area contributed by atoms with Crippen LogP contribution in [0.1, 0.15) is 0 Å². The van der Waals surface area contributed by atoms with Crippen LogP contribution in [-0.2, 0) is 0 Å². The number of hydrogen-bond donors (Lipinski definition) is 0. The first-order valence-electron chi connectivity index (χ1n) is 17.5. The normalized spacial score (nSPS) is 11.3. The zero-order chi connectivity index (χ0) is 35.8. The van der Waals surface area contributed by atoms with Crippen molar-refractivity contribution in [2.75, 3.05) is 9.80 Å². The highest BCUT2D eigenvalue weighted by Gasteiger charge is 2.22. The van der Waals surface area contributed by atoms with Crippen molar-refractivity contribution in [1.29, 1.82) is 0 Å². The zero-order valence-corrected chi connectivity index (χ0v) is 30.4. The summed E-state index contributed by atoms with van der Waals surface area (Å²) in [6.07, 6.45) is 7.23. The summed E-state index contributed by atoms with van der Waals surface area (Å²) in [5, 5.41) is 6.98. The SMILES string of the molecule is c1cncc(N(c2ccc(-c3csc4ccccc34)cc2)c2ccc(-c3ccc(N(c4ccc(-c5csc6ccccc56)cc4)c4cccnc4)o3)o2)c1. The van der Waals surface area contributed by atoms with Crippen molar-refractivity contribution < 1.29 is 8.83 Å². The molecule has 0 N–H and O–H groups in total. The molecule has 0 unspecified atom stereocenters. The molecule has 4 aromatic carbocycles. The second-order valence-corrected chi connectivity index (χ2v) is 14.6. The third-order valence-electron chi connectivity index (χ3n) is 9.51. The Labute approximate surface area is 319 Å². The molecule has 8 heteroatoms. The van der Waals surface area contributed by atoms with Crippen LogP contribution < -0.4 is 9.80 Å². The molecule has 54 heavy (non-hydrogen) atoms. The average molecular weight is 735 g/mol. The van der Waals surface area contributed by atoms with E-state index in [1.807, 2.05) is 60.9 Å². The summed E-state index contributed by atoms with van der Waals surface area (Å²) in [7, 11) is 0. The monoisotopic (exact) mass is 734 g/mol. The number of hydrogen-bond acceptors (Lipinski definition) is 8. The second kappa shape index (κ2) is 13.7. The minimum absolute atomic E-state index is 0.609. The van der Waals surface area contributed by atoms with Crippen molar-refractivity contribution in [3.8, 4) is 33.8 Å². The van der Waals surface area contributed by atoms with E-state index in [0.29, 0.717) is 23.3 Å². The molecule has 258 valence electrons. The Bertz CT molecular complexity index is 2640. The van der Waals surface area contributed by atoms with Crippen LogP contribution in [0.2, 0.25) is 0 Å². The Hall–Kier alpha value is -6.74. The molecule has 0 atom stereocenters. The van der Waals surface area contributed by atoms with Gasteiger partial charge in [-0.1, -0.05) is 60.7 Å². The van der Waals surface area contributed by atoms with Gasteiger partial charge in [-0.15, -0.1) is 22.7 Å². The van der Waals surface area contributed by atoms with E-state index in [4.69, 9.17) is 8.83 Å². The molecule has 6 heterocycles. The Balaban J connectivity index is 0.973. The average Bonchev–Trinajstić information content (AvgIpc) is 4.07. The van der Waals surface area contributed by atoms with Gasteiger partial charge < -0.3 is 8.83 Å². The molecule has 0 fully saturated rings. The summed E-state index contributed by atoms with van der Waals surface area (Å²) in [5.41, 5.74) is 8.47. The number of benzene rings is 4. The van der Waals surface area contributed by atoms with Gasteiger partial charge in [0.15, 0.2) is 11.5 Å². The Kier molecular flexibility index (Phi) is 8.09. The van der Waals surface area contributed by atoms with Crippen LogP contribution in [0.4, 0.5) is 34.5 Å². The molecule has 0 radical (unpaired) electrons. The van der Waals surface area contributed by atoms with Crippen LogP contribution in [0.25, 0.3) is 53.9 Å². The summed E-state index contributed by atoms with van der Waals surface area (Å²) in [5.74, 6) is 2.50. The summed E-state index contributed by atoms with van der Waals surface area (Å²) in [6, 6.07) is 49.9. The first-order chi connectivity index (χ1) is 26.8. The van der Waals surface area contributed by atoms with E-state index in [1.165, 1.54) is 42.4 Å². The van der Waals surface area contributed by atoms with Gasteiger partial charge in [-0.05, 0) is 94.7 Å². The Morgan fingerprint density at radius 1 is 0.407 bits per heavy atom. The summed E-state index contributed by atoms with van der Waals surface area (Å²) < 4.78 is 15.7. The molecule has 10 aromatic rings. The fourth-order valence-electron chi connectivity index (χ4n) is 6.92. The highest BCUT2D eigenvalue weighted by Crippen LogP contribution is 2.43. The highest BCUT2D eigenvalue weighted by atomic mass is 32.1. The molecule has 6 nitrogen and oxygen atoms in total. The molecule has 0 saturated heterocycles. The number of furan rings is 2. The lowest BCUT2D eigenvalue weighted by Gasteiger charge is -2.22. The first kappa shape index (κ1) is 32.0. The lowest BCUT2D eigenvalue weighted by atomic mass is 10.0. The van der Waals surface area contributed by atoms with Gasteiger partial charge >= 0.3 is 0 Å². The van der Waals surface area contributed by atoms with Gasteiger partial charge in [0.1, 0.15) is 0 Å². The van der Waals surface area contributed by atoms with E-state index in [9.17, 15) is 0 Å². The Morgan fingerprint density at radius 3 is 1.28 bits per heavy atom. The molecule has 0 aliphatic rings.